The molecule has 0 aliphatic rings. The van der Waals surface area contributed by atoms with Crippen LogP contribution in [0.25, 0.3) is 22.5 Å². The molecule has 3 aromatic heterocycles. The smallest absolute Gasteiger partial charge is 0.338 e. The average Bonchev–Trinajstić information content (AvgIpc) is 4.14. The monoisotopic (exact) mass is 1140 g/mol. The molecule has 10 aromatic rings. The molecule has 0 unspecified atom stereocenters. The molecule has 19 heteroatoms. The van der Waals surface area contributed by atoms with Gasteiger partial charge in [0.25, 0.3) is 5.91 Å². The number of para-hydroxylation sites is 3. The van der Waals surface area contributed by atoms with Gasteiger partial charge in [-0.2, -0.15) is 0 Å². The summed E-state index contributed by atoms with van der Waals surface area (Å²) in [5, 5.41) is 17.1. The standard InChI is InChI=1S/C23H18N2O2S2.C15H12N2OS.C14H12O2.C7H7NO2S.CH4N2S/c1-28-21-13-6-5-12-19(21)22(26)25-23-24-20(15-29-23)16-8-7-11-18(14-16)27-17-9-3-2-4-10-17;16-15-17-14(10-19-15)11-5-4-8-13(9-11)18-12-6-2-1-3-7-12;1-11(15)12-6-5-9-14(10-12)16-13-7-3-2-4-8-13;1-11-6-5(7(9)10)3-2-4-8-6;2-1(3)4/h2-15H,1H3,(H,24,25,26);1-10H,(H2,16,17);2-10H,1H3;2-4H,1H3,(H,9,10);(H4,2,3,4). The number of carbonyl (C=O) groups excluding carboxylic acids is 2. The molecule has 0 radical (unpaired) electrons. The molecule has 0 aliphatic heterocycles. The van der Waals surface area contributed by atoms with Crippen LogP contribution in [-0.4, -0.2) is 55.3 Å². The van der Waals surface area contributed by atoms with E-state index in [1.54, 1.807) is 55.4 Å². The van der Waals surface area contributed by atoms with E-state index in [0.717, 1.165) is 56.2 Å². The van der Waals surface area contributed by atoms with Gasteiger partial charge in [0.2, 0.25) is 0 Å². The number of Topliss-reactive ketones (excluding diaryl/α,β-unsaturated/α-hetero) is 1. The van der Waals surface area contributed by atoms with Gasteiger partial charge < -0.3 is 36.5 Å². The lowest BCUT2D eigenvalue weighted by molar-refractivity contribution is 0.0691. The van der Waals surface area contributed by atoms with Gasteiger partial charge in [0.05, 0.1) is 22.5 Å². The number of ether oxygens (including phenoxy) is 3. The van der Waals surface area contributed by atoms with Crippen LogP contribution in [0.1, 0.15) is 38.0 Å². The Kier molecular flexibility index (Phi) is 23.6. The van der Waals surface area contributed by atoms with Crippen molar-refractivity contribution >= 4 is 91.5 Å². The molecule has 0 saturated carbocycles. The van der Waals surface area contributed by atoms with Gasteiger partial charge in [0.15, 0.2) is 21.2 Å². The maximum Gasteiger partial charge on any atom is 0.338 e. The number of nitrogen functional groups attached to an aromatic ring is 1. The van der Waals surface area contributed by atoms with E-state index in [4.69, 9.17) is 25.1 Å². The number of hydrogen-bond acceptors (Lipinski definition) is 15. The van der Waals surface area contributed by atoms with Crippen molar-refractivity contribution in [1.82, 2.24) is 15.0 Å². The topological polar surface area (TPSA) is 228 Å². The third-order valence-corrected chi connectivity index (χ3v) is 13.2. The first kappa shape index (κ1) is 59.4. The van der Waals surface area contributed by atoms with E-state index in [2.05, 4.69) is 44.0 Å². The summed E-state index contributed by atoms with van der Waals surface area (Å²) in [6, 6.07) is 62.3. The molecular formula is C60H53N7O7S5. The van der Waals surface area contributed by atoms with Gasteiger partial charge in [-0.15, -0.1) is 46.2 Å². The first-order valence-electron chi connectivity index (χ1n) is 23.7. The second-order valence-electron chi connectivity index (χ2n) is 15.9. The lowest BCUT2D eigenvalue weighted by Crippen LogP contribution is -2.18. The number of pyridine rings is 1. The van der Waals surface area contributed by atoms with E-state index >= 15 is 0 Å². The predicted octanol–water partition coefficient (Wildman–Crippen LogP) is 15.1. The van der Waals surface area contributed by atoms with E-state index in [-0.39, 0.29) is 22.4 Å². The van der Waals surface area contributed by atoms with Crippen LogP contribution in [0.2, 0.25) is 0 Å². The Balaban J connectivity index is 0.000000175. The van der Waals surface area contributed by atoms with Crippen molar-refractivity contribution in [1.29, 1.82) is 0 Å². The summed E-state index contributed by atoms with van der Waals surface area (Å²) >= 11 is 9.81. The van der Waals surface area contributed by atoms with Crippen LogP contribution >= 0.6 is 58.4 Å². The summed E-state index contributed by atoms with van der Waals surface area (Å²) in [4.78, 5) is 48.0. The number of ketones is 1. The number of carbonyl (C=O) groups is 3. The van der Waals surface area contributed by atoms with Crippen molar-refractivity contribution in [3.05, 3.63) is 234 Å². The minimum Gasteiger partial charge on any atom is -0.478 e. The SMILES string of the molecule is CC(=O)c1cccc(Oc2ccccc2)c1.CSc1ccccc1C(=O)Nc1nc(-c2cccc(Oc3ccccc3)c2)cs1.CSc1ncccc1C(=O)O.NC(N)=S.Nc1nc(-c2cccc(Oc3ccccc3)c2)cs1. The fourth-order valence-electron chi connectivity index (χ4n) is 6.69. The molecular weight excluding hydrogens is 1090 g/mol. The molecule has 7 aromatic carbocycles. The first-order chi connectivity index (χ1) is 38.3. The molecule has 10 rings (SSSR count). The Morgan fingerprint density at radius 3 is 1.48 bits per heavy atom. The minimum atomic E-state index is -0.928. The van der Waals surface area contributed by atoms with Gasteiger partial charge >= 0.3 is 5.97 Å². The number of nitrogens with two attached hydrogens (primary N) is 3. The number of anilines is 2. The molecule has 0 aliphatic carbocycles. The normalized spacial score (nSPS) is 9.96. The zero-order valence-electron chi connectivity index (χ0n) is 42.8. The molecule has 0 atom stereocenters. The number of aromatic nitrogens is 3. The fraction of sp³-hybridized carbons (Fsp3) is 0.0500. The Labute approximate surface area is 479 Å². The maximum absolute atomic E-state index is 12.6. The van der Waals surface area contributed by atoms with Crippen molar-refractivity contribution in [3.63, 3.8) is 0 Å². The molecule has 0 fully saturated rings. The highest BCUT2D eigenvalue weighted by Crippen LogP contribution is 2.32. The zero-order valence-corrected chi connectivity index (χ0v) is 46.9. The molecule has 14 nitrogen and oxygen atoms in total. The highest BCUT2D eigenvalue weighted by atomic mass is 32.2. The van der Waals surface area contributed by atoms with E-state index < -0.39 is 5.97 Å². The number of nitrogens with one attached hydrogen (secondary N) is 1. The summed E-state index contributed by atoms with van der Waals surface area (Å²) in [6.45, 7) is 1.54. The Hall–Kier alpha value is -8.85. The number of carboxylic acids is 1. The molecule has 3 heterocycles. The molecule has 400 valence electrons. The third kappa shape index (κ3) is 19.9. The molecule has 1 amide bonds. The first-order valence-corrected chi connectivity index (χ1v) is 28.3. The quantitative estimate of drug-likeness (QED) is 0.0387. The number of aromatic carboxylic acids is 1. The van der Waals surface area contributed by atoms with E-state index in [9.17, 15) is 14.4 Å². The van der Waals surface area contributed by atoms with Gasteiger partial charge in [-0.3, -0.25) is 14.9 Å². The minimum absolute atomic E-state index is 0.000000000000000222. The lowest BCUT2D eigenvalue weighted by atomic mass is 10.1. The fourth-order valence-corrected chi connectivity index (χ4v) is 9.11. The van der Waals surface area contributed by atoms with Gasteiger partial charge in [-0.25, -0.2) is 19.7 Å². The van der Waals surface area contributed by atoms with Crippen molar-refractivity contribution < 1.29 is 33.7 Å². The maximum atomic E-state index is 12.6. The molecule has 0 saturated heterocycles. The largest absolute Gasteiger partial charge is 0.478 e. The van der Waals surface area contributed by atoms with Crippen molar-refractivity contribution in [2.24, 2.45) is 11.5 Å². The van der Waals surface area contributed by atoms with Crippen LogP contribution in [0.4, 0.5) is 10.3 Å². The molecule has 0 spiro atoms. The summed E-state index contributed by atoms with van der Waals surface area (Å²) in [5.74, 6) is 3.53. The van der Waals surface area contributed by atoms with Crippen LogP contribution in [-0.2, 0) is 0 Å². The zero-order chi connectivity index (χ0) is 56.4. The Bertz CT molecular complexity index is 3550. The van der Waals surface area contributed by atoms with Crippen LogP contribution in [0.15, 0.2) is 227 Å². The van der Waals surface area contributed by atoms with Gasteiger partial charge in [0.1, 0.15) is 39.5 Å². The third-order valence-electron chi connectivity index (χ3n) is 10.2. The van der Waals surface area contributed by atoms with Crippen LogP contribution < -0.4 is 36.7 Å². The number of thiocarbonyl (C=S) groups is 1. The van der Waals surface area contributed by atoms with Crippen molar-refractivity contribution in [2.45, 2.75) is 16.8 Å². The highest BCUT2D eigenvalue weighted by molar-refractivity contribution is 7.98. The summed E-state index contributed by atoms with van der Waals surface area (Å²) in [7, 11) is 0. The van der Waals surface area contributed by atoms with Crippen molar-refractivity contribution in [2.75, 3.05) is 23.6 Å². The molecule has 8 N–H and O–H groups in total. The van der Waals surface area contributed by atoms with Crippen molar-refractivity contribution in [3.8, 4) is 57.0 Å². The van der Waals surface area contributed by atoms with Gasteiger partial charge in [-0.05, 0) is 129 Å². The number of carboxylic acid groups (broad SMARTS) is 1. The number of hydrogen-bond donors (Lipinski definition) is 5. The van der Waals surface area contributed by atoms with Crippen LogP contribution in [0.3, 0.4) is 0 Å². The van der Waals surface area contributed by atoms with Gasteiger partial charge in [0, 0.05) is 38.5 Å². The Morgan fingerprint density at radius 1 is 0.557 bits per heavy atom. The van der Waals surface area contributed by atoms with E-state index in [0.29, 0.717) is 32.2 Å². The van der Waals surface area contributed by atoms with Crippen LogP contribution in [0.5, 0.6) is 34.5 Å². The molecule has 0 bridgehead atoms. The number of thioether (sulfide) groups is 2. The number of thiazole rings is 2. The summed E-state index contributed by atoms with van der Waals surface area (Å²) in [6.07, 6.45) is 5.34. The second-order valence-corrected chi connectivity index (χ2v) is 19.8. The number of rotatable bonds is 14. The van der Waals surface area contributed by atoms with E-state index in [1.807, 2.05) is 193 Å². The summed E-state index contributed by atoms with van der Waals surface area (Å²) < 4.78 is 17.3. The average molecular weight is 1140 g/mol. The van der Waals surface area contributed by atoms with Gasteiger partial charge in [-0.1, -0.05) is 103 Å². The predicted molar refractivity (Wildman–Crippen MR) is 326 cm³/mol. The number of benzene rings is 7. The summed E-state index contributed by atoms with van der Waals surface area (Å²) in [5.41, 5.74) is 20.1. The number of amides is 1. The number of nitrogens with zero attached hydrogens (tertiary/aromatic N) is 3. The molecule has 79 heavy (non-hydrogen) atoms. The Morgan fingerprint density at radius 2 is 1.01 bits per heavy atom. The lowest BCUT2D eigenvalue weighted by Gasteiger charge is -2.07. The van der Waals surface area contributed by atoms with Crippen LogP contribution in [0, 0.1) is 0 Å². The highest BCUT2D eigenvalue weighted by Gasteiger charge is 2.14. The second kappa shape index (κ2) is 31.4. The van der Waals surface area contributed by atoms with E-state index in [1.165, 1.54) is 34.4 Å².